The number of hydrogen-bond donors (Lipinski definition) is 2. The minimum Gasteiger partial charge on any atom is -0.471 e. The van der Waals surface area contributed by atoms with Crippen LogP contribution in [0.1, 0.15) is 18.4 Å². The van der Waals surface area contributed by atoms with E-state index in [-0.39, 0.29) is 5.95 Å². The van der Waals surface area contributed by atoms with Crippen molar-refractivity contribution in [3.63, 3.8) is 0 Å². The first kappa shape index (κ1) is 15.2. The van der Waals surface area contributed by atoms with Crippen molar-refractivity contribution in [2.24, 2.45) is 5.73 Å². The molecule has 0 aliphatic rings. The van der Waals surface area contributed by atoms with Crippen molar-refractivity contribution in [1.29, 1.82) is 0 Å². The number of anilines is 1. The van der Waals surface area contributed by atoms with Gasteiger partial charge in [-0.15, -0.1) is 0 Å². The van der Waals surface area contributed by atoms with E-state index in [1.807, 2.05) is 34.9 Å². The normalized spacial score (nSPS) is 11.0. The van der Waals surface area contributed by atoms with Gasteiger partial charge in [0.15, 0.2) is 11.2 Å². The Morgan fingerprint density at radius 2 is 1.91 bits per heavy atom. The molecule has 0 bridgehead atoms. The number of nitrogens with two attached hydrogens (primary N) is 2. The van der Waals surface area contributed by atoms with Crippen LogP contribution in [0.2, 0.25) is 0 Å². The van der Waals surface area contributed by atoms with Gasteiger partial charge in [-0.1, -0.05) is 30.3 Å². The molecule has 0 saturated heterocycles. The van der Waals surface area contributed by atoms with Gasteiger partial charge in [0.25, 0.3) is 0 Å². The largest absolute Gasteiger partial charge is 0.471 e. The average Bonchev–Trinajstić information content (AvgIpc) is 2.97. The third-order valence-corrected chi connectivity index (χ3v) is 3.52. The van der Waals surface area contributed by atoms with E-state index in [2.05, 4.69) is 15.0 Å². The third kappa shape index (κ3) is 3.57. The van der Waals surface area contributed by atoms with Crippen LogP contribution in [0.5, 0.6) is 5.88 Å². The highest BCUT2D eigenvalue weighted by atomic mass is 16.5. The summed E-state index contributed by atoms with van der Waals surface area (Å²) in [5.74, 6) is 0.593. The lowest BCUT2D eigenvalue weighted by Crippen LogP contribution is -2.05. The molecule has 7 heteroatoms. The molecule has 0 atom stereocenters. The molecule has 0 fully saturated rings. The van der Waals surface area contributed by atoms with Gasteiger partial charge in [-0.25, -0.2) is 4.98 Å². The summed E-state index contributed by atoms with van der Waals surface area (Å²) in [6.07, 6.45) is 3.66. The van der Waals surface area contributed by atoms with Gasteiger partial charge in [0, 0.05) is 6.54 Å². The standard InChI is InChI=1S/C16H20N6O/c17-8-4-5-9-22-11-19-13-14(22)20-16(18)21-15(13)23-10-12-6-2-1-3-7-12/h1-3,6-7,11H,4-5,8-10,17H2,(H2,18,20,21). The molecule has 3 aromatic rings. The first-order valence-corrected chi connectivity index (χ1v) is 7.63. The number of imidazole rings is 1. The summed E-state index contributed by atoms with van der Waals surface area (Å²) in [4.78, 5) is 12.8. The maximum absolute atomic E-state index is 5.81. The van der Waals surface area contributed by atoms with Crippen LogP contribution in [-0.4, -0.2) is 26.1 Å². The van der Waals surface area contributed by atoms with Crippen LogP contribution in [0, 0.1) is 0 Å². The van der Waals surface area contributed by atoms with Crippen molar-refractivity contribution < 1.29 is 4.74 Å². The zero-order valence-corrected chi connectivity index (χ0v) is 12.9. The minimum atomic E-state index is 0.182. The highest BCUT2D eigenvalue weighted by Gasteiger charge is 2.13. The Labute approximate surface area is 134 Å². The van der Waals surface area contributed by atoms with E-state index in [0.717, 1.165) is 24.9 Å². The molecule has 23 heavy (non-hydrogen) atoms. The van der Waals surface area contributed by atoms with Crippen LogP contribution in [0.3, 0.4) is 0 Å². The predicted molar refractivity (Wildman–Crippen MR) is 88.8 cm³/mol. The molecular weight excluding hydrogens is 292 g/mol. The molecule has 7 nitrogen and oxygen atoms in total. The smallest absolute Gasteiger partial charge is 0.247 e. The average molecular weight is 312 g/mol. The van der Waals surface area contributed by atoms with Crippen molar-refractivity contribution in [2.75, 3.05) is 12.3 Å². The van der Waals surface area contributed by atoms with Gasteiger partial charge in [0.2, 0.25) is 11.8 Å². The first-order valence-electron chi connectivity index (χ1n) is 7.63. The van der Waals surface area contributed by atoms with E-state index >= 15 is 0 Å². The van der Waals surface area contributed by atoms with Gasteiger partial charge in [-0.2, -0.15) is 9.97 Å². The number of ether oxygens (including phenoxy) is 1. The Bertz CT molecular complexity index is 771. The summed E-state index contributed by atoms with van der Waals surface area (Å²) < 4.78 is 7.75. The maximum Gasteiger partial charge on any atom is 0.247 e. The molecule has 2 heterocycles. The van der Waals surface area contributed by atoms with Crippen LogP contribution in [-0.2, 0) is 13.2 Å². The monoisotopic (exact) mass is 312 g/mol. The van der Waals surface area contributed by atoms with Crippen LogP contribution < -0.4 is 16.2 Å². The first-order chi connectivity index (χ1) is 11.3. The summed E-state index contributed by atoms with van der Waals surface area (Å²) in [7, 11) is 0. The van der Waals surface area contributed by atoms with Gasteiger partial charge in [-0.05, 0) is 24.9 Å². The molecule has 0 aliphatic heterocycles. The summed E-state index contributed by atoms with van der Waals surface area (Å²) in [5, 5.41) is 0. The number of aryl methyl sites for hydroxylation is 1. The Balaban J connectivity index is 1.82. The number of benzene rings is 1. The second-order valence-electron chi connectivity index (χ2n) is 5.27. The SMILES string of the molecule is NCCCCn1cnc2c(OCc3ccccc3)nc(N)nc21. The van der Waals surface area contributed by atoms with Crippen molar-refractivity contribution in [2.45, 2.75) is 26.0 Å². The number of hydrogen-bond acceptors (Lipinski definition) is 6. The number of nitrogens with zero attached hydrogens (tertiary/aromatic N) is 4. The van der Waals surface area contributed by atoms with E-state index in [1.54, 1.807) is 6.33 Å². The molecule has 0 unspecified atom stereocenters. The highest BCUT2D eigenvalue weighted by Crippen LogP contribution is 2.23. The second-order valence-corrected chi connectivity index (χ2v) is 5.27. The topological polar surface area (TPSA) is 105 Å². The molecular formula is C16H20N6O. The third-order valence-electron chi connectivity index (χ3n) is 3.52. The van der Waals surface area contributed by atoms with E-state index in [1.165, 1.54) is 0 Å². The van der Waals surface area contributed by atoms with Crippen molar-refractivity contribution in [1.82, 2.24) is 19.5 Å². The molecule has 0 radical (unpaired) electrons. The van der Waals surface area contributed by atoms with Gasteiger partial charge >= 0.3 is 0 Å². The van der Waals surface area contributed by atoms with E-state index in [9.17, 15) is 0 Å². The Morgan fingerprint density at radius 1 is 1.09 bits per heavy atom. The summed E-state index contributed by atoms with van der Waals surface area (Å²) >= 11 is 0. The lowest BCUT2D eigenvalue weighted by atomic mass is 10.2. The van der Waals surface area contributed by atoms with E-state index in [4.69, 9.17) is 16.2 Å². The van der Waals surface area contributed by atoms with Gasteiger partial charge in [-0.3, -0.25) is 0 Å². The predicted octanol–water partition coefficient (Wildman–Crippen LogP) is 1.73. The Kier molecular flexibility index (Phi) is 4.68. The fraction of sp³-hybridized carbons (Fsp3) is 0.312. The highest BCUT2D eigenvalue weighted by molar-refractivity contribution is 5.77. The van der Waals surface area contributed by atoms with E-state index < -0.39 is 0 Å². The van der Waals surface area contributed by atoms with Crippen LogP contribution in [0.4, 0.5) is 5.95 Å². The Morgan fingerprint density at radius 3 is 2.70 bits per heavy atom. The molecule has 1 aromatic carbocycles. The van der Waals surface area contributed by atoms with Gasteiger partial charge in [0.1, 0.15) is 6.61 Å². The molecule has 0 spiro atoms. The zero-order chi connectivity index (χ0) is 16.1. The molecule has 0 amide bonds. The zero-order valence-electron chi connectivity index (χ0n) is 12.9. The summed E-state index contributed by atoms with van der Waals surface area (Å²) in [5.41, 5.74) is 13.7. The minimum absolute atomic E-state index is 0.182. The lowest BCUT2D eigenvalue weighted by Gasteiger charge is -2.07. The molecule has 3 rings (SSSR count). The van der Waals surface area contributed by atoms with E-state index in [0.29, 0.717) is 30.2 Å². The van der Waals surface area contributed by atoms with Crippen molar-refractivity contribution in [3.8, 4) is 5.88 Å². The molecule has 120 valence electrons. The number of fused-ring (bicyclic) bond motifs is 1. The van der Waals surface area contributed by atoms with Crippen LogP contribution in [0.25, 0.3) is 11.2 Å². The van der Waals surface area contributed by atoms with Crippen LogP contribution >= 0.6 is 0 Å². The molecule has 0 saturated carbocycles. The fourth-order valence-corrected chi connectivity index (χ4v) is 2.35. The Hall–Kier alpha value is -2.67. The van der Waals surface area contributed by atoms with Crippen molar-refractivity contribution in [3.05, 3.63) is 42.2 Å². The van der Waals surface area contributed by atoms with Crippen molar-refractivity contribution >= 4 is 17.1 Å². The van der Waals surface area contributed by atoms with Crippen LogP contribution in [0.15, 0.2) is 36.7 Å². The molecule has 0 aliphatic carbocycles. The second kappa shape index (κ2) is 7.06. The number of rotatable bonds is 7. The lowest BCUT2D eigenvalue weighted by molar-refractivity contribution is 0.297. The number of unbranched alkanes of at least 4 members (excludes halogenated alkanes) is 1. The summed E-state index contributed by atoms with van der Waals surface area (Å²) in [6.45, 7) is 1.88. The summed E-state index contributed by atoms with van der Waals surface area (Å²) in [6, 6.07) is 9.89. The number of aromatic nitrogens is 4. The quantitative estimate of drug-likeness (QED) is 0.644. The van der Waals surface area contributed by atoms with Gasteiger partial charge in [0.05, 0.1) is 6.33 Å². The number of nitrogen functional groups attached to an aromatic ring is 1. The fourth-order valence-electron chi connectivity index (χ4n) is 2.35. The maximum atomic E-state index is 5.81. The van der Waals surface area contributed by atoms with Gasteiger partial charge < -0.3 is 20.8 Å². The molecule has 2 aromatic heterocycles. The molecule has 4 N–H and O–H groups in total.